The number of hydrogen-bond donors (Lipinski definition) is 1. The lowest BCUT2D eigenvalue weighted by Crippen LogP contribution is -2.10. The standard InChI is InChI=1S/C24H24F3NO3S2/c1-4-20-22(28-23(33-20)16-5-7-17(8-6-16)24(25,26)27)15(3)13-32-18-9-10-19(14(2)11-18)31-12-21(29)30/h5-11,15H,4,12-13H2,1-3H3,(H,29,30). The second-order valence-corrected chi connectivity index (χ2v) is 9.75. The van der Waals surface area contributed by atoms with Crippen molar-refractivity contribution < 1.29 is 27.8 Å². The molecule has 176 valence electrons. The van der Waals surface area contributed by atoms with Crippen LogP contribution in [0.2, 0.25) is 0 Å². The monoisotopic (exact) mass is 495 g/mol. The molecule has 33 heavy (non-hydrogen) atoms. The molecule has 0 aliphatic heterocycles. The highest BCUT2D eigenvalue weighted by molar-refractivity contribution is 7.99. The SMILES string of the molecule is CCc1sc(-c2ccc(C(F)(F)F)cc2)nc1C(C)CSc1ccc(OCC(=O)O)c(C)c1. The van der Waals surface area contributed by atoms with Crippen molar-refractivity contribution in [3.63, 3.8) is 0 Å². The van der Waals surface area contributed by atoms with Gasteiger partial charge in [-0.25, -0.2) is 9.78 Å². The van der Waals surface area contributed by atoms with Crippen molar-refractivity contribution in [1.82, 2.24) is 4.98 Å². The number of alkyl halides is 3. The molecule has 1 unspecified atom stereocenters. The van der Waals surface area contributed by atoms with Crippen molar-refractivity contribution in [2.45, 2.75) is 44.2 Å². The van der Waals surface area contributed by atoms with Crippen LogP contribution in [0.25, 0.3) is 10.6 Å². The molecule has 0 bridgehead atoms. The lowest BCUT2D eigenvalue weighted by atomic mass is 10.1. The molecule has 0 saturated carbocycles. The van der Waals surface area contributed by atoms with E-state index in [9.17, 15) is 18.0 Å². The Hall–Kier alpha value is -2.52. The lowest BCUT2D eigenvalue weighted by molar-refractivity contribution is -0.139. The van der Waals surface area contributed by atoms with Crippen LogP contribution in [0.15, 0.2) is 47.4 Å². The fourth-order valence-electron chi connectivity index (χ4n) is 3.24. The van der Waals surface area contributed by atoms with Crippen molar-refractivity contribution in [2.24, 2.45) is 0 Å². The maximum Gasteiger partial charge on any atom is 0.416 e. The van der Waals surface area contributed by atoms with Crippen LogP contribution in [0.1, 0.15) is 41.5 Å². The molecule has 0 aliphatic carbocycles. The number of aromatic nitrogens is 1. The van der Waals surface area contributed by atoms with Crippen LogP contribution < -0.4 is 4.74 Å². The Kier molecular flexibility index (Phi) is 8.07. The second kappa shape index (κ2) is 10.6. The molecule has 0 fully saturated rings. The third-order valence-corrected chi connectivity index (χ3v) is 7.49. The predicted octanol–water partition coefficient (Wildman–Crippen LogP) is 7.06. The highest BCUT2D eigenvalue weighted by atomic mass is 32.2. The molecule has 1 aromatic heterocycles. The number of halogens is 3. The summed E-state index contributed by atoms with van der Waals surface area (Å²) >= 11 is 3.19. The first-order chi connectivity index (χ1) is 15.6. The number of ether oxygens (including phenoxy) is 1. The van der Waals surface area contributed by atoms with E-state index in [4.69, 9.17) is 14.8 Å². The van der Waals surface area contributed by atoms with Crippen LogP contribution in [0.4, 0.5) is 13.2 Å². The number of carbonyl (C=O) groups is 1. The van der Waals surface area contributed by atoms with Crippen LogP contribution in [0, 0.1) is 6.92 Å². The van der Waals surface area contributed by atoms with Crippen molar-refractivity contribution in [3.05, 3.63) is 64.2 Å². The van der Waals surface area contributed by atoms with Gasteiger partial charge in [0.05, 0.1) is 11.3 Å². The number of aliphatic carboxylic acids is 1. The largest absolute Gasteiger partial charge is 0.482 e. The fourth-order valence-corrected chi connectivity index (χ4v) is 5.39. The van der Waals surface area contributed by atoms with E-state index < -0.39 is 17.7 Å². The molecule has 0 saturated heterocycles. The van der Waals surface area contributed by atoms with Gasteiger partial charge in [-0.1, -0.05) is 26.0 Å². The summed E-state index contributed by atoms with van der Waals surface area (Å²) in [7, 11) is 0. The molecular weight excluding hydrogens is 471 g/mol. The van der Waals surface area contributed by atoms with Gasteiger partial charge in [0.2, 0.25) is 0 Å². The lowest BCUT2D eigenvalue weighted by Gasteiger charge is -2.12. The average molecular weight is 496 g/mol. The minimum Gasteiger partial charge on any atom is -0.482 e. The van der Waals surface area contributed by atoms with Gasteiger partial charge < -0.3 is 9.84 Å². The van der Waals surface area contributed by atoms with E-state index in [2.05, 4.69) is 6.92 Å². The second-order valence-electron chi connectivity index (χ2n) is 7.58. The van der Waals surface area contributed by atoms with Crippen molar-refractivity contribution in [3.8, 4) is 16.3 Å². The number of carboxylic acids is 1. The zero-order valence-corrected chi connectivity index (χ0v) is 20.0. The van der Waals surface area contributed by atoms with E-state index in [0.717, 1.165) is 50.3 Å². The smallest absolute Gasteiger partial charge is 0.416 e. The summed E-state index contributed by atoms with van der Waals surface area (Å²) in [4.78, 5) is 17.6. The Balaban J connectivity index is 1.70. The van der Waals surface area contributed by atoms with Gasteiger partial charge in [0.25, 0.3) is 0 Å². The Labute approximate surface area is 198 Å². The van der Waals surface area contributed by atoms with E-state index in [1.165, 1.54) is 23.5 Å². The topological polar surface area (TPSA) is 59.4 Å². The zero-order chi connectivity index (χ0) is 24.2. The summed E-state index contributed by atoms with van der Waals surface area (Å²) in [5.41, 5.74) is 1.85. The Morgan fingerprint density at radius 2 is 1.91 bits per heavy atom. The summed E-state index contributed by atoms with van der Waals surface area (Å²) in [6, 6.07) is 10.8. The molecule has 4 nitrogen and oxygen atoms in total. The molecule has 0 amide bonds. The van der Waals surface area contributed by atoms with Crippen LogP contribution >= 0.6 is 23.1 Å². The molecule has 0 spiro atoms. The molecular formula is C24H24F3NO3S2. The third kappa shape index (κ3) is 6.51. The quantitative estimate of drug-likeness (QED) is 0.322. The van der Waals surface area contributed by atoms with Crippen molar-refractivity contribution >= 4 is 29.1 Å². The molecule has 1 heterocycles. The number of benzene rings is 2. The Morgan fingerprint density at radius 3 is 2.48 bits per heavy atom. The molecule has 0 aliphatic rings. The van der Waals surface area contributed by atoms with E-state index >= 15 is 0 Å². The number of hydrogen-bond acceptors (Lipinski definition) is 5. The minimum absolute atomic E-state index is 0.146. The zero-order valence-electron chi connectivity index (χ0n) is 18.4. The number of aryl methyl sites for hydroxylation is 2. The van der Waals surface area contributed by atoms with Gasteiger partial charge in [-0.05, 0) is 49.2 Å². The van der Waals surface area contributed by atoms with Gasteiger partial charge in [-0.15, -0.1) is 23.1 Å². The highest BCUT2D eigenvalue weighted by Crippen LogP contribution is 2.36. The molecule has 1 atom stereocenters. The molecule has 9 heteroatoms. The first-order valence-corrected chi connectivity index (χ1v) is 12.1. The van der Waals surface area contributed by atoms with E-state index in [-0.39, 0.29) is 12.5 Å². The van der Waals surface area contributed by atoms with Crippen LogP contribution in [-0.4, -0.2) is 28.4 Å². The number of rotatable bonds is 9. The van der Waals surface area contributed by atoms with E-state index in [0.29, 0.717) is 11.3 Å². The number of thioether (sulfide) groups is 1. The van der Waals surface area contributed by atoms with E-state index in [1.807, 2.05) is 26.0 Å². The fraction of sp³-hybridized carbons (Fsp3) is 0.333. The summed E-state index contributed by atoms with van der Waals surface area (Å²) in [6.07, 6.45) is -3.55. The number of nitrogens with zero attached hydrogens (tertiary/aromatic N) is 1. The van der Waals surface area contributed by atoms with Crippen molar-refractivity contribution in [1.29, 1.82) is 0 Å². The molecule has 3 aromatic rings. The van der Waals surface area contributed by atoms with Gasteiger partial charge in [0.1, 0.15) is 10.8 Å². The van der Waals surface area contributed by atoms with E-state index in [1.54, 1.807) is 17.8 Å². The Bertz CT molecular complexity index is 1110. The van der Waals surface area contributed by atoms with Crippen molar-refractivity contribution in [2.75, 3.05) is 12.4 Å². The van der Waals surface area contributed by atoms with Crippen LogP contribution in [0.3, 0.4) is 0 Å². The van der Waals surface area contributed by atoms with Gasteiger partial charge in [-0.2, -0.15) is 13.2 Å². The first kappa shape index (κ1) is 25.1. The maximum atomic E-state index is 12.8. The van der Waals surface area contributed by atoms with Gasteiger partial charge >= 0.3 is 12.1 Å². The summed E-state index contributed by atoms with van der Waals surface area (Å²) in [6.45, 7) is 5.63. The predicted molar refractivity (Wildman–Crippen MR) is 125 cm³/mol. The number of thiazole rings is 1. The summed E-state index contributed by atoms with van der Waals surface area (Å²) in [5.74, 6) is 0.446. The number of carboxylic acid groups (broad SMARTS) is 1. The van der Waals surface area contributed by atoms with Crippen LogP contribution in [-0.2, 0) is 17.4 Å². The molecule has 2 aromatic carbocycles. The first-order valence-electron chi connectivity index (χ1n) is 10.3. The summed E-state index contributed by atoms with van der Waals surface area (Å²) < 4.78 is 43.8. The van der Waals surface area contributed by atoms with Gasteiger partial charge in [0.15, 0.2) is 6.61 Å². The molecule has 0 radical (unpaired) electrons. The Morgan fingerprint density at radius 1 is 1.21 bits per heavy atom. The average Bonchev–Trinajstić information content (AvgIpc) is 3.21. The van der Waals surface area contributed by atoms with Gasteiger partial charge in [0, 0.05) is 27.0 Å². The third-order valence-electron chi connectivity index (χ3n) is 4.97. The maximum absolute atomic E-state index is 12.8. The highest BCUT2D eigenvalue weighted by Gasteiger charge is 2.30. The van der Waals surface area contributed by atoms with Crippen LogP contribution in [0.5, 0.6) is 5.75 Å². The molecule has 3 rings (SSSR count). The minimum atomic E-state index is -4.36. The summed E-state index contributed by atoms with van der Waals surface area (Å²) in [5, 5.41) is 9.48. The van der Waals surface area contributed by atoms with Gasteiger partial charge in [-0.3, -0.25) is 0 Å². The molecule has 1 N–H and O–H groups in total. The normalized spacial score (nSPS) is 12.5.